The second-order valence-electron chi connectivity index (χ2n) is 8.63. The number of ether oxygens (including phenoxy) is 1. The third-order valence-electron chi connectivity index (χ3n) is 5.38. The summed E-state index contributed by atoms with van der Waals surface area (Å²) in [5.74, 6) is 3.63. The molecule has 0 unspecified atom stereocenters. The van der Waals surface area contributed by atoms with Crippen LogP contribution in [-0.2, 0) is 11.0 Å². The maximum absolute atomic E-state index is 6.38. The van der Waals surface area contributed by atoms with Gasteiger partial charge in [0.1, 0.15) is 5.75 Å². The molecule has 0 radical (unpaired) electrons. The highest BCUT2D eigenvalue weighted by Crippen LogP contribution is 2.37. The Hall–Kier alpha value is -1.24. The van der Waals surface area contributed by atoms with E-state index in [4.69, 9.17) is 15.6 Å². The third-order valence-corrected chi connectivity index (χ3v) is 9.86. The summed E-state index contributed by atoms with van der Waals surface area (Å²) in [7, 11) is -1.80. The van der Waals surface area contributed by atoms with Gasteiger partial charge in [-0.2, -0.15) is 0 Å². The quantitative estimate of drug-likeness (QED) is 0.237. The second kappa shape index (κ2) is 10.8. The molecule has 0 spiro atoms. The van der Waals surface area contributed by atoms with Gasteiger partial charge in [-0.15, -0.1) is 6.42 Å². The number of hydrogen-bond acceptors (Lipinski definition) is 2. The first-order valence-corrected chi connectivity index (χ1v) is 13.0. The van der Waals surface area contributed by atoms with Crippen molar-refractivity contribution in [1.82, 2.24) is 0 Å². The summed E-state index contributed by atoms with van der Waals surface area (Å²) in [6.07, 6.45) is 13.2. The molecule has 3 heteroatoms. The lowest BCUT2D eigenvalue weighted by atomic mass is 10.1. The molecule has 0 aliphatic rings. The monoisotopic (exact) mass is 374 g/mol. The molecule has 0 amide bonds. The van der Waals surface area contributed by atoms with Crippen LogP contribution in [0.3, 0.4) is 0 Å². The van der Waals surface area contributed by atoms with Crippen molar-refractivity contribution in [3.8, 4) is 18.1 Å². The lowest BCUT2D eigenvalue weighted by Crippen LogP contribution is -2.40. The maximum Gasteiger partial charge on any atom is 0.192 e. The normalized spacial score (nSPS) is 12.0. The Morgan fingerprint density at radius 1 is 1.04 bits per heavy atom. The van der Waals surface area contributed by atoms with Crippen LogP contribution < -0.4 is 4.74 Å². The molecule has 0 fully saturated rings. The second-order valence-corrected chi connectivity index (χ2v) is 13.4. The standard InChI is InChI=1S/C23H38O2Si/c1-8-10-11-12-13-14-17-24-22-16-15-20(9-2)18-21(22)19-25-26(6,7)23(3,4)5/h2,15-16,18H,8,10-14,17,19H2,1,3-7H3. The fraction of sp³-hybridized carbons (Fsp3) is 0.652. The molecule has 0 aliphatic heterocycles. The Kier molecular flexibility index (Phi) is 9.47. The minimum atomic E-state index is -1.80. The molecule has 0 aromatic heterocycles. The zero-order chi connectivity index (χ0) is 19.6. The van der Waals surface area contributed by atoms with Gasteiger partial charge in [-0.05, 0) is 42.8 Å². The average Bonchev–Trinajstić information content (AvgIpc) is 2.58. The van der Waals surface area contributed by atoms with Gasteiger partial charge < -0.3 is 9.16 Å². The van der Waals surface area contributed by atoms with Crippen molar-refractivity contribution in [2.75, 3.05) is 6.61 Å². The molecule has 0 aliphatic carbocycles. The van der Waals surface area contributed by atoms with E-state index in [2.05, 4.69) is 46.7 Å². The van der Waals surface area contributed by atoms with Crippen LogP contribution in [0.1, 0.15) is 77.3 Å². The van der Waals surface area contributed by atoms with Gasteiger partial charge in [-0.3, -0.25) is 0 Å². The molecule has 0 bridgehead atoms. The minimum absolute atomic E-state index is 0.191. The Morgan fingerprint density at radius 3 is 2.31 bits per heavy atom. The largest absolute Gasteiger partial charge is 0.493 e. The van der Waals surface area contributed by atoms with Crippen LogP contribution in [0.4, 0.5) is 0 Å². The molecule has 1 rings (SSSR count). The Labute approximate surface area is 162 Å². The van der Waals surface area contributed by atoms with E-state index in [0.717, 1.165) is 29.9 Å². The van der Waals surface area contributed by atoms with Gasteiger partial charge in [0.25, 0.3) is 0 Å². The van der Waals surface area contributed by atoms with E-state index in [9.17, 15) is 0 Å². The molecule has 0 saturated heterocycles. The molecule has 0 saturated carbocycles. The van der Waals surface area contributed by atoms with Gasteiger partial charge in [0.2, 0.25) is 0 Å². The Morgan fingerprint density at radius 2 is 1.69 bits per heavy atom. The van der Waals surface area contributed by atoms with Crippen LogP contribution in [0.25, 0.3) is 0 Å². The molecule has 0 heterocycles. The van der Waals surface area contributed by atoms with Crippen LogP contribution in [0.5, 0.6) is 5.75 Å². The number of rotatable bonds is 11. The first-order valence-electron chi connectivity index (χ1n) is 10.1. The van der Waals surface area contributed by atoms with Gasteiger partial charge in [-0.25, -0.2) is 0 Å². The van der Waals surface area contributed by atoms with E-state index < -0.39 is 8.32 Å². The summed E-state index contributed by atoms with van der Waals surface area (Å²) in [5, 5.41) is 0.191. The van der Waals surface area contributed by atoms with Crippen LogP contribution in [-0.4, -0.2) is 14.9 Å². The summed E-state index contributed by atoms with van der Waals surface area (Å²) in [6.45, 7) is 14.9. The van der Waals surface area contributed by atoms with Crippen LogP contribution in [0.15, 0.2) is 18.2 Å². The average molecular weight is 375 g/mol. The predicted molar refractivity (Wildman–Crippen MR) is 115 cm³/mol. The fourth-order valence-corrected chi connectivity index (χ4v) is 3.41. The summed E-state index contributed by atoms with van der Waals surface area (Å²) >= 11 is 0. The van der Waals surface area contributed by atoms with E-state index in [1.165, 1.54) is 32.1 Å². The van der Waals surface area contributed by atoms with Crippen molar-refractivity contribution < 1.29 is 9.16 Å². The van der Waals surface area contributed by atoms with Crippen LogP contribution >= 0.6 is 0 Å². The smallest absolute Gasteiger partial charge is 0.192 e. The highest BCUT2D eigenvalue weighted by atomic mass is 28.4. The maximum atomic E-state index is 6.38. The summed E-state index contributed by atoms with van der Waals surface area (Å²) in [5.41, 5.74) is 1.95. The zero-order valence-electron chi connectivity index (χ0n) is 17.8. The van der Waals surface area contributed by atoms with Crippen molar-refractivity contribution in [2.24, 2.45) is 0 Å². The summed E-state index contributed by atoms with van der Waals surface area (Å²) in [4.78, 5) is 0. The van der Waals surface area contributed by atoms with Crippen LogP contribution in [0, 0.1) is 12.3 Å². The highest BCUT2D eigenvalue weighted by molar-refractivity contribution is 6.74. The summed E-state index contributed by atoms with van der Waals surface area (Å²) in [6, 6.07) is 5.98. The van der Waals surface area contributed by atoms with Gasteiger partial charge in [0.15, 0.2) is 8.32 Å². The molecular weight excluding hydrogens is 336 g/mol. The lowest BCUT2D eigenvalue weighted by Gasteiger charge is -2.36. The van der Waals surface area contributed by atoms with E-state index in [1.807, 2.05) is 18.2 Å². The predicted octanol–water partition coefficient (Wildman–Crippen LogP) is 6.93. The van der Waals surface area contributed by atoms with Crippen molar-refractivity contribution in [3.63, 3.8) is 0 Å². The first-order chi connectivity index (χ1) is 12.2. The minimum Gasteiger partial charge on any atom is -0.493 e. The number of benzene rings is 1. The molecule has 0 atom stereocenters. The van der Waals surface area contributed by atoms with E-state index in [1.54, 1.807) is 0 Å². The third kappa shape index (κ3) is 7.56. The lowest BCUT2D eigenvalue weighted by molar-refractivity contribution is 0.258. The van der Waals surface area contributed by atoms with Crippen molar-refractivity contribution >= 4 is 8.32 Å². The van der Waals surface area contributed by atoms with Crippen molar-refractivity contribution in [3.05, 3.63) is 29.3 Å². The van der Waals surface area contributed by atoms with E-state index in [-0.39, 0.29) is 5.04 Å². The first kappa shape index (κ1) is 22.8. The van der Waals surface area contributed by atoms with Gasteiger partial charge in [-0.1, -0.05) is 65.7 Å². The number of terminal acetylenes is 1. The van der Waals surface area contributed by atoms with Crippen molar-refractivity contribution in [2.45, 2.75) is 91.0 Å². The molecule has 2 nitrogen and oxygen atoms in total. The van der Waals surface area contributed by atoms with Gasteiger partial charge >= 0.3 is 0 Å². The van der Waals surface area contributed by atoms with Gasteiger partial charge in [0.05, 0.1) is 13.2 Å². The molecular formula is C23H38O2Si. The van der Waals surface area contributed by atoms with E-state index >= 15 is 0 Å². The summed E-state index contributed by atoms with van der Waals surface area (Å²) < 4.78 is 12.4. The van der Waals surface area contributed by atoms with Crippen molar-refractivity contribution in [1.29, 1.82) is 0 Å². The molecule has 1 aromatic carbocycles. The van der Waals surface area contributed by atoms with Gasteiger partial charge in [0, 0.05) is 11.1 Å². The fourth-order valence-electron chi connectivity index (χ4n) is 2.46. The van der Waals surface area contributed by atoms with Crippen LogP contribution in [0.2, 0.25) is 18.1 Å². The SMILES string of the molecule is C#Cc1ccc(OCCCCCCCC)c(CO[Si](C)(C)C(C)(C)C)c1. The molecule has 0 N–H and O–H groups in total. The molecule has 26 heavy (non-hydrogen) atoms. The number of hydrogen-bond donors (Lipinski definition) is 0. The van der Waals surface area contributed by atoms with E-state index in [0.29, 0.717) is 6.61 Å². The molecule has 1 aromatic rings. The molecule has 146 valence electrons. The number of unbranched alkanes of at least 4 members (excludes halogenated alkanes) is 5. The zero-order valence-corrected chi connectivity index (χ0v) is 18.8. The Bertz CT molecular complexity index is 579. The highest BCUT2D eigenvalue weighted by Gasteiger charge is 2.37. The topological polar surface area (TPSA) is 18.5 Å². The Balaban J connectivity index is 2.65.